The molecular weight excluding hydrogens is 276 g/mol. The Morgan fingerprint density at radius 1 is 1.05 bits per heavy atom. The first-order chi connectivity index (χ1) is 10.8. The van der Waals surface area contributed by atoms with Gasteiger partial charge in [0.05, 0.1) is 0 Å². The summed E-state index contributed by atoms with van der Waals surface area (Å²) in [5, 5.41) is 6.43. The first kappa shape index (κ1) is 15.5. The van der Waals surface area contributed by atoms with Crippen molar-refractivity contribution in [1.29, 1.82) is 0 Å². The normalized spacial score (nSPS) is 11.5. The number of rotatable bonds is 5. The third-order valence-electron chi connectivity index (χ3n) is 3.10. The summed E-state index contributed by atoms with van der Waals surface area (Å²) in [6.07, 6.45) is 3.95. The molecule has 22 heavy (non-hydrogen) atoms. The molecule has 0 fully saturated rings. The Balaban J connectivity index is 2.40. The third-order valence-corrected chi connectivity index (χ3v) is 3.10. The molecular formula is C18H18N2O2. The fraction of sp³-hybridized carbons (Fsp3) is 0.111. The number of hydrogen-bond donors (Lipinski definition) is 1. The van der Waals surface area contributed by atoms with E-state index in [1.807, 2.05) is 66.7 Å². The Bertz CT molecular complexity index is 691. The van der Waals surface area contributed by atoms with Crippen molar-refractivity contribution >= 4 is 23.8 Å². The summed E-state index contributed by atoms with van der Waals surface area (Å²) in [6.45, 7) is 0. The Kier molecular flexibility index (Phi) is 5.49. The van der Waals surface area contributed by atoms with Crippen molar-refractivity contribution in [2.24, 2.45) is 5.16 Å². The summed E-state index contributed by atoms with van der Waals surface area (Å²) in [7, 11) is 2.99. The first-order valence-electron chi connectivity index (χ1n) is 6.92. The number of carbonyl (C=O) groups is 1. The summed E-state index contributed by atoms with van der Waals surface area (Å²) < 4.78 is 0. The van der Waals surface area contributed by atoms with E-state index < -0.39 is 0 Å². The maximum absolute atomic E-state index is 12.0. The van der Waals surface area contributed by atoms with Crippen LogP contribution in [0.2, 0.25) is 0 Å². The highest BCUT2D eigenvalue weighted by atomic mass is 16.6. The van der Waals surface area contributed by atoms with Crippen molar-refractivity contribution in [3.05, 3.63) is 71.3 Å². The first-order valence-corrected chi connectivity index (χ1v) is 6.92. The fourth-order valence-electron chi connectivity index (χ4n) is 2.03. The van der Waals surface area contributed by atoms with Crippen LogP contribution in [0.1, 0.15) is 16.7 Å². The minimum Gasteiger partial charge on any atom is -0.398 e. The van der Waals surface area contributed by atoms with E-state index in [-0.39, 0.29) is 11.6 Å². The molecule has 1 amide bonds. The second-order valence-corrected chi connectivity index (χ2v) is 4.53. The average molecular weight is 294 g/mol. The van der Waals surface area contributed by atoms with Crippen LogP contribution < -0.4 is 5.32 Å². The van der Waals surface area contributed by atoms with E-state index in [0.29, 0.717) is 0 Å². The molecule has 0 aliphatic carbocycles. The molecule has 0 saturated carbocycles. The zero-order valence-electron chi connectivity index (χ0n) is 12.6. The maximum atomic E-state index is 12.0. The lowest BCUT2D eigenvalue weighted by atomic mass is 10.0. The van der Waals surface area contributed by atoms with E-state index in [4.69, 9.17) is 4.84 Å². The van der Waals surface area contributed by atoms with Gasteiger partial charge in [-0.15, -0.1) is 0 Å². The molecule has 1 N–H and O–H groups in total. The molecule has 0 bridgehead atoms. The Morgan fingerprint density at radius 3 is 2.41 bits per heavy atom. The van der Waals surface area contributed by atoms with Crippen LogP contribution in [0, 0.1) is 0 Å². The molecule has 0 aromatic heterocycles. The monoisotopic (exact) mass is 294 g/mol. The predicted molar refractivity (Wildman–Crippen MR) is 89.4 cm³/mol. The van der Waals surface area contributed by atoms with Crippen LogP contribution in [0.5, 0.6) is 0 Å². The number of hydrogen-bond acceptors (Lipinski definition) is 3. The molecule has 2 aromatic carbocycles. The van der Waals surface area contributed by atoms with E-state index in [1.165, 1.54) is 7.11 Å². The molecule has 0 heterocycles. The molecule has 0 atom stereocenters. The third kappa shape index (κ3) is 3.82. The van der Waals surface area contributed by atoms with Crippen LogP contribution in [-0.2, 0) is 9.63 Å². The zero-order chi connectivity index (χ0) is 15.8. The Hall–Kier alpha value is -2.88. The van der Waals surface area contributed by atoms with Gasteiger partial charge in [-0.05, 0) is 11.1 Å². The van der Waals surface area contributed by atoms with E-state index in [1.54, 1.807) is 7.05 Å². The summed E-state index contributed by atoms with van der Waals surface area (Å²) in [4.78, 5) is 16.8. The number of amides is 1. The van der Waals surface area contributed by atoms with E-state index >= 15 is 0 Å². The smallest absolute Gasteiger partial charge is 0.273 e. The van der Waals surface area contributed by atoms with Gasteiger partial charge in [0.2, 0.25) is 0 Å². The van der Waals surface area contributed by atoms with Crippen LogP contribution in [0.4, 0.5) is 0 Å². The molecule has 4 heteroatoms. The quantitative estimate of drug-likeness (QED) is 0.523. The maximum Gasteiger partial charge on any atom is 0.273 e. The summed E-state index contributed by atoms with van der Waals surface area (Å²) >= 11 is 0. The molecule has 0 saturated heterocycles. The molecule has 0 unspecified atom stereocenters. The van der Waals surface area contributed by atoms with Crippen molar-refractivity contribution in [1.82, 2.24) is 5.32 Å². The van der Waals surface area contributed by atoms with Gasteiger partial charge in [-0.3, -0.25) is 4.79 Å². The van der Waals surface area contributed by atoms with Gasteiger partial charge in [-0.25, -0.2) is 0 Å². The highest BCUT2D eigenvalue weighted by Crippen LogP contribution is 2.15. The zero-order valence-corrected chi connectivity index (χ0v) is 12.6. The van der Waals surface area contributed by atoms with Crippen LogP contribution in [0.25, 0.3) is 12.2 Å². The predicted octanol–water partition coefficient (Wildman–Crippen LogP) is 2.95. The highest BCUT2D eigenvalue weighted by molar-refractivity contribution is 6.45. The van der Waals surface area contributed by atoms with Gasteiger partial charge in [0.15, 0.2) is 5.71 Å². The van der Waals surface area contributed by atoms with Gasteiger partial charge < -0.3 is 10.2 Å². The lowest BCUT2D eigenvalue weighted by molar-refractivity contribution is -0.114. The van der Waals surface area contributed by atoms with Crippen molar-refractivity contribution in [3.8, 4) is 0 Å². The molecule has 0 spiro atoms. The van der Waals surface area contributed by atoms with E-state index in [9.17, 15) is 4.79 Å². The van der Waals surface area contributed by atoms with Crippen molar-refractivity contribution in [2.75, 3.05) is 14.2 Å². The number of nitrogens with zero attached hydrogens (tertiary/aromatic N) is 1. The van der Waals surface area contributed by atoms with Crippen LogP contribution in [-0.4, -0.2) is 25.8 Å². The molecule has 0 aliphatic heterocycles. The number of benzene rings is 2. The average Bonchev–Trinajstić information content (AvgIpc) is 2.58. The topological polar surface area (TPSA) is 50.7 Å². The van der Waals surface area contributed by atoms with Crippen molar-refractivity contribution in [2.45, 2.75) is 0 Å². The molecule has 2 aromatic rings. The molecule has 0 aliphatic rings. The van der Waals surface area contributed by atoms with Gasteiger partial charge in [0.25, 0.3) is 5.91 Å². The minimum atomic E-state index is -0.289. The van der Waals surface area contributed by atoms with Crippen LogP contribution in [0.3, 0.4) is 0 Å². The lowest BCUT2D eigenvalue weighted by Gasteiger charge is -2.08. The minimum absolute atomic E-state index is 0.248. The van der Waals surface area contributed by atoms with Crippen LogP contribution in [0.15, 0.2) is 59.8 Å². The molecule has 0 radical (unpaired) electrons. The lowest BCUT2D eigenvalue weighted by Crippen LogP contribution is -2.29. The van der Waals surface area contributed by atoms with Gasteiger partial charge in [-0.1, -0.05) is 71.9 Å². The SMILES string of the molecule is CNC(=O)/C(=N\OC)c1ccccc1/C=C\c1ccccc1. The number of carbonyl (C=O) groups excluding carboxylic acids is 1. The standard InChI is InChI=1S/C18H18N2O2/c1-19-18(21)17(20-22-2)16-11-7-6-10-15(16)13-12-14-8-4-3-5-9-14/h3-13H,1-2H3,(H,19,21)/b13-12-,20-17-. The van der Waals surface area contributed by atoms with E-state index in [0.717, 1.165) is 16.7 Å². The summed E-state index contributed by atoms with van der Waals surface area (Å²) in [5.41, 5.74) is 2.95. The van der Waals surface area contributed by atoms with E-state index in [2.05, 4.69) is 10.5 Å². The number of oxime groups is 1. The second kappa shape index (κ2) is 7.78. The second-order valence-electron chi connectivity index (χ2n) is 4.53. The van der Waals surface area contributed by atoms with Gasteiger partial charge in [-0.2, -0.15) is 0 Å². The Labute approximate surface area is 130 Å². The number of nitrogens with one attached hydrogen (secondary N) is 1. The fourth-order valence-corrected chi connectivity index (χ4v) is 2.03. The van der Waals surface area contributed by atoms with Crippen molar-refractivity contribution < 1.29 is 9.63 Å². The summed E-state index contributed by atoms with van der Waals surface area (Å²) in [6, 6.07) is 17.5. The molecule has 112 valence electrons. The highest BCUT2D eigenvalue weighted by Gasteiger charge is 2.15. The number of likely N-dealkylation sites (N-methyl/N-ethyl adjacent to an activating group) is 1. The van der Waals surface area contributed by atoms with Crippen molar-refractivity contribution in [3.63, 3.8) is 0 Å². The van der Waals surface area contributed by atoms with Crippen LogP contribution >= 0.6 is 0 Å². The van der Waals surface area contributed by atoms with Gasteiger partial charge >= 0.3 is 0 Å². The van der Waals surface area contributed by atoms with Gasteiger partial charge in [0, 0.05) is 12.6 Å². The summed E-state index contributed by atoms with van der Waals surface area (Å²) in [5.74, 6) is -0.289. The van der Waals surface area contributed by atoms with Gasteiger partial charge in [0.1, 0.15) is 7.11 Å². The Morgan fingerprint density at radius 2 is 1.73 bits per heavy atom. The molecule has 2 rings (SSSR count). The molecule has 4 nitrogen and oxygen atoms in total. The largest absolute Gasteiger partial charge is 0.398 e.